The van der Waals surface area contributed by atoms with Gasteiger partial charge in [0.2, 0.25) is 0 Å². The first-order chi connectivity index (χ1) is 40.6. The van der Waals surface area contributed by atoms with Crippen LogP contribution in [-0.4, -0.2) is 40.9 Å². The van der Waals surface area contributed by atoms with Gasteiger partial charge in [0, 0.05) is 21.7 Å². The molecule has 0 aromatic heterocycles. The van der Waals surface area contributed by atoms with Crippen molar-refractivity contribution in [2.24, 2.45) is 17.3 Å². The topological polar surface area (TPSA) is 162 Å². The Hall–Kier alpha value is -7.84. The van der Waals surface area contributed by atoms with Crippen molar-refractivity contribution in [1.29, 1.82) is 0 Å². The summed E-state index contributed by atoms with van der Waals surface area (Å²) in [7, 11) is 0. The van der Waals surface area contributed by atoms with Gasteiger partial charge in [0.15, 0.2) is 0 Å². The first-order valence-electron chi connectivity index (χ1n) is 31.0. The quantitative estimate of drug-likeness (QED) is 0.0746. The van der Waals surface area contributed by atoms with Crippen molar-refractivity contribution >= 4 is 0 Å². The predicted molar refractivity (Wildman–Crippen MR) is 343 cm³/mol. The zero-order valence-electron chi connectivity index (χ0n) is 50.9. The Labute approximate surface area is 505 Å². The first kappa shape index (κ1) is 61.7. The van der Waals surface area contributed by atoms with Crippen LogP contribution in [0.3, 0.4) is 0 Å². The number of benzene rings is 8. The normalized spacial score (nSPS) is 19.7. The summed E-state index contributed by atoms with van der Waals surface area (Å²) in [6, 6.07) is 57.7. The highest BCUT2D eigenvalue weighted by Gasteiger charge is 2.45. The summed E-state index contributed by atoms with van der Waals surface area (Å²) in [4.78, 5) is 0. The average molecular weight is 1140 g/mol. The highest BCUT2D eigenvalue weighted by molar-refractivity contribution is 5.50. The minimum Gasteiger partial charge on any atom is -0.508 e. The summed E-state index contributed by atoms with van der Waals surface area (Å²) in [5.41, 5.74) is 12.2. The third-order valence-electron chi connectivity index (χ3n) is 19.6. The van der Waals surface area contributed by atoms with Crippen LogP contribution in [0.15, 0.2) is 182 Å². The molecule has 4 saturated carbocycles. The molecule has 12 rings (SSSR count). The molecular weight excluding hydrogens is 1050 g/mol. The molecule has 8 N–H and O–H groups in total. The lowest BCUT2D eigenvalue weighted by molar-refractivity contribution is 0.127. The molecule has 0 saturated heterocycles. The van der Waals surface area contributed by atoms with Crippen molar-refractivity contribution in [3.05, 3.63) is 238 Å². The minimum atomic E-state index is -0.0669. The van der Waals surface area contributed by atoms with Crippen LogP contribution in [0.4, 0.5) is 0 Å². The fourth-order valence-electron chi connectivity index (χ4n) is 15.6. The van der Waals surface area contributed by atoms with E-state index in [1.807, 2.05) is 74.5 Å². The van der Waals surface area contributed by atoms with E-state index in [4.69, 9.17) is 0 Å². The van der Waals surface area contributed by atoms with Crippen molar-refractivity contribution in [3.8, 4) is 46.0 Å². The molecule has 2 unspecified atom stereocenters. The minimum absolute atomic E-state index is 0.000926. The maximum Gasteiger partial charge on any atom is 0.118 e. The maximum absolute atomic E-state index is 9.84. The second kappa shape index (κ2) is 26.2. The molecule has 8 aromatic rings. The van der Waals surface area contributed by atoms with E-state index >= 15 is 0 Å². The standard InChI is InChI=1S/C21H26O2.C20H24O2.C19H22O2.C17H18O2/c1-15-12-20(2,3)14-21(13-15,16-4-8-18(22)9-5-16)17-6-10-19(23)11-7-17;1-14-12-16(6-8-18(14)21)20(10-4-3-5-11-20)17-7-9-19(22)15(2)13-17;1-14-3-2-12-19(13-14,15-4-8-17(20)9-5-15)16-6-10-18(21)11-7-16;18-15-7-3-13(4-8-15)17(11-1-2-12-17)14-5-9-16(19)10-6-14/h4-11,15,22-23H,12-14H2,1-3H3;6-9,12-13,21-22H,3-5,10-11H2,1-2H3;4-11,14,20-21H,2-3,12-13H2,1H3;3-10,18-19H,1-2,11-12H2. The number of aromatic hydroxyl groups is 8. The van der Waals surface area contributed by atoms with Gasteiger partial charge in [0.25, 0.3) is 0 Å². The fraction of sp³-hybridized carbons (Fsp3) is 0.377. The maximum atomic E-state index is 9.84. The number of phenols is 8. The molecule has 8 aromatic carbocycles. The number of hydrogen-bond donors (Lipinski definition) is 8. The van der Waals surface area contributed by atoms with Crippen LogP contribution >= 0.6 is 0 Å². The number of rotatable bonds is 8. The van der Waals surface area contributed by atoms with E-state index in [1.54, 1.807) is 72.8 Å². The van der Waals surface area contributed by atoms with Crippen LogP contribution in [0.5, 0.6) is 46.0 Å². The van der Waals surface area contributed by atoms with Crippen molar-refractivity contribution < 1.29 is 40.9 Å². The summed E-state index contributed by atoms with van der Waals surface area (Å²) in [5, 5.41) is 77.1. The molecule has 0 aliphatic heterocycles. The van der Waals surface area contributed by atoms with E-state index < -0.39 is 0 Å². The Morgan fingerprint density at radius 2 is 0.565 bits per heavy atom. The van der Waals surface area contributed by atoms with Gasteiger partial charge in [0.1, 0.15) is 46.0 Å². The van der Waals surface area contributed by atoms with E-state index in [-0.39, 0.29) is 27.1 Å². The van der Waals surface area contributed by atoms with Crippen molar-refractivity contribution in [2.75, 3.05) is 0 Å². The molecule has 8 heteroatoms. The molecule has 2 atom stereocenters. The highest BCUT2D eigenvalue weighted by atomic mass is 16.3. The Bertz CT molecular complexity index is 3230. The largest absolute Gasteiger partial charge is 0.508 e. The molecule has 0 spiro atoms. The molecular formula is C77H90O8. The van der Waals surface area contributed by atoms with Gasteiger partial charge in [-0.1, -0.05) is 170 Å². The van der Waals surface area contributed by atoms with E-state index in [9.17, 15) is 40.9 Å². The highest BCUT2D eigenvalue weighted by Crippen LogP contribution is 2.55. The Morgan fingerprint density at radius 1 is 0.294 bits per heavy atom. The smallest absolute Gasteiger partial charge is 0.118 e. The summed E-state index contributed by atoms with van der Waals surface area (Å²) in [6.07, 6.45) is 18.8. The van der Waals surface area contributed by atoms with Crippen LogP contribution < -0.4 is 0 Å². The lowest BCUT2D eigenvalue weighted by Crippen LogP contribution is -2.41. The van der Waals surface area contributed by atoms with Gasteiger partial charge in [-0.3, -0.25) is 0 Å². The van der Waals surface area contributed by atoms with E-state index in [2.05, 4.69) is 76.2 Å². The van der Waals surface area contributed by atoms with Crippen LogP contribution in [0.2, 0.25) is 0 Å². The van der Waals surface area contributed by atoms with Gasteiger partial charge in [-0.05, 0) is 229 Å². The average Bonchev–Trinajstić information content (AvgIpc) is 3.03. The molecule has 85 heavy (non-hydrogen) atoms. The molecule has 0 radical (unpaired) electrons. The van der Waals surface area contributed by atoms with E-state index in [0.717, 1.165) is 62.5 Å². The molecule has 0 bridgehead atoms. The van der Waals surface area contributed by atoms with Gasteiger partial charge in [-0.2, -0.15) is 0 Å². The monoisotopic (exact) mass is 1140 g/mol. The summed E-state index contributed by atoms with van der Waals surface area (Å²) in [6.45, 7) is 13.2. The van der Waals surface area contributed by atoms with Gasteiger partial charge in [-0.25, -0.2) is 0 Å². The second-order valence-corrected chi connectivity index (χ2v) is 26.4. The van der Waals surface area contributed by atoms with Crippen molar-refractivity contribution in [1.82, 2.24) is 0 Å². The third-order valence-corrected chi connectivity index (χ3v) is 19.6. The first-order valence-corrected chi connectivity index (χ1v) is 31.0. The van der Waals surface area contributed by atoms with Gasteiger partial charge >= 0.3 is 0 Å². The van der Waals surface area contributed by atoms with Gasteiger partial charge < -0.3 is 40.9 Å². The molecule has 4 fully saturated rings. The fourth-order valence-corrected chi connectivity index (χ4v) is 15.6. The summed E-state index contributed by atoms with van der Waals surface area (Å²) >= 11 is 0. The van der Waals surface area contributed by atoms with Crippen molar-refractivity contribution in [2.45, 2.75) is 166 Å². The van der Waals surface area contributed by atoms with Crippen LogP contribution in [0, 0.1) is 31.1 Å². The molecule has 8 nitrogen and oxygen atoms in total. The van der Waals surface area contributed by atoms with E-state index in [1.165, 1.54) is 95.9 Å². The lowest BCUT2D eigenvalue weighted by atomic mass is 9.55. The SMILES string of the molecule is CC1CC(C)(C)CC(c2ccc(O)cc2)(c2ccc(O)cc2)C1.CC1CCCC(c2ccc(O)cc2)(c2ccc(O)cc2)C1.Cc1cc(C2(c3ccc(O)c(C)c3)CCCCC2)ccc1O.Oc1ccc(C2(c3ccc(O)cc3)CCCC2)cc1. The molecule has 0 amide bonds. The number of aryl methyl sites for hydroxylation is 2. The zero-order chi connectivity index (χ0) is 60.6. The summed E-state index contributed by atoms with van der Waals surface area (Å²) in [5.74, 6) is 3.86. The Morgan fingerprint density at radius 3 is 0.882 bits per heavy atom. The molecule has 446 valence electrons. The third kappa shape index (κ3) is 14.0. The van der Waals surface area contributed by atoms with Crippen molar-refractivity contribution in [3.63, 3.8) is 0 Å². The number of hydrogen-bond acceptors (Lipinski definition) is 8. The van der Waals surface area contributed by atoms with Gasteiger partial charge in [-0.15, -0.1) is 0 Å². The van der Waals surface area contributed by atoms with Crippen LogP contribution in [0.25, 0.3) is 0 Å². The predicted octanol–water partition coefficient (Wildman–Crippen LogP) is 18.7. The molecule has 4 aliphatic carbocycles. The Balaban J connectivity index is 0.000000136. The Kier molecular flexibility index (Phi) is 19.0. The van der Waals surface area contributed by atoms with E-state index in [0.29, 0.717) is 57.8 Å². The van der Waals surface area contributed by atoms with Crippen LogP contribution in [-0.2, 0) is 21.7 Å². The van der Waals surface area contributed by atoms with Crippen LogP contribution in [0.1, 0.15) is 186 Å². The van der Waals surface area contributed by atoms with Gasteiger partial charge in [0.05, 0.1) is 0 Å². The zero-order valence-corrected chi connectivity index (χ0v) is 50.9. The number of phenolic OH excluding ortho intramolecular Hbond substituents is 8. The molecule has 4 aliphatic rings. The second-order valence-electron chi connectivity index (χ2n) is 26.4. The lowest BCUT2D eigenvalue weighted by Gasteiger charge is -2.48. The summed E-state index contributed by atoms with van der Waals surface area (Å²) < 4.78 is 0. The molecule has 0 heterocycles.